The zero-order chi connectivity index (χ0) is 12.7. The van der Waals surface area contributed by atoms with Crippen LogP contribution in [-0.4, -0.2) is 17.9 Å². The highest BCUT2D eigenvalue weighted by Crippen LogP contribution is 2.36. The molecule has 0 radical (unpaired) electrons. The molecule has 2 nitrogen and oxygen atoms in total. The molecule has 96 valence electrons. The van der Waals surface area contributed by atoms with Crippen molar-refractivity contribution in [2.75, 3.05) is 4.90 Å². The number of hydrogen-bond donors (Lipinski definition) is 0. The van der Waals surface area contributed by atoms with Crippen LogP contribution in [0.25, 0.3) is 0 Å². The maximum Gasteiger partial charge on any atom is 0.137 e. The summed E-state index contributed by atoms with van der Waals surface area (Å²) < 4.78 is 13.3. The lowest BCUT2D eigenvalue weighted by Gasteiger charge is -2.47. The van der Waals surface area contributed by atoms with Gasteiger partial charge in [-0.15, -0.1) is 0 Å². The second kappa shape index (κ2) is 4.38. The van der Waals surface area contributed by atoms with E-state index in [1.165, 1.54) is 12.5 Å². The first-order valence-corrected chi connectivity index (χ1v) is 6.71. The lowest BCUT2D eigenvalue weighted by Crippen LogP contribution is -2.52. The van der Waals surface area contributed by atoms with Gasteiger partial charge >= 0.3 is 0 Å². The fraction of sp³-hybridized carbons (Fsp3) is 0.533. The van der Waals surface area contributed by atoms with E-state index in [2.05, 4.69) is 4.90 Å². The van der Waals surface area contributed by atoms with Gasteiger partial charge in [-0.2, -0.15) is 0 Å². The molecule has 2 fully saturated rings. The number of hydrogen-bond acceptors (Lipinski definition) is 2. The van der Waals surface area contributed by atoms with E-state index in [-0.39, 0.29) is 5.82 Å². The number of halogens is 1. The van der Waals surface area contributed by atoms with Gasteiger partial charge in [0.2, 0.25) is 0 Å². The molecule has 0 N–H and O–H groups in total. The Labute approximate surface area is 107 Å². The number of rotatable bonds is 1. The fourth-order valence-electron chi connectivity index (χ4n) is 3.39. The highest BCUT2D eigenvalue weighted by molar-refractivity contribution is 5.82. The maximum atomic E-state index is 13.3. The monoisotopic (exact) mass is 247 g/mol. The molecule has 0 spiro atoms. The Morgan fingerprint density at radius 1 is 1.22 bits per heavy atom. The summed E-state index contributed by atoms with van der Waals surface area (Å²) >= 11 is 0. The van der Waals surface area contributed by atoms with Crippen LogP contribution >= 0.6 is 0 Å². The van der Waals surface area contributed by atoms with Crippen molar-refractivity contribution >= 4 is 11.5 Å². The SMILES string of the molecule is Cc1cc(N2C3CCCC2CC(=O)C3)ccc1F. The van der Waals surface area contributed by atoms with Crippen LogP contribution in [0.5, 0.6) is 0 Å². The predicted octanol–water partition coefficient (Wildman–Crippen LogP) is 3.22. The highest BCUT2D eigenvalue weighted by Gasteiger charge is 2.37. The second-order valence-corrected chi connectivity index (χ2v) is 5.53. The summed E-state index contributed by atoms with van der Waals surface area (Å²) in [6.45, 7) is 1.80. The van der Waals surface area contributed by atoms with Crippen molar-refractivity contribution in [1.29, 1.82) is 0 Å². The molecule has 2 atom stereocenters. The third kappa shape index (κ3) is 1.92. The molecule has 0 aromatic heterocycles. The van der Waals surface area contributed by atoms with Crippen molar-refractivity contribution in [3.63, 3.8) is 0 Å². The van der Waals surface area contributed by atoms with Gasteiger partial charge in [0.1, 0.15) is 11.6 Å². The number of benzene rings is 1. The van der Waals surface area contributed by atoms with Crippen LogP contribution in [0.15, 0.2) is 18.2 Å². The van der Waals surface area contributed by atoms with Crippen molar-refractivity contribution in [1.82, 2.24) is 0 Å². The summed E-state index contributed by atoms with van der Waals surface area (Å²) in [6, 6.07) is 5.96. The van der Waals surface area contributed by atoms with Gasteiger partial charge < -0.3 is 4.90 Å². The Hall–Kier alpha value is -1.38. The number of carbonyl (C=O) groups is 1. The van der Waals surface area contributed by atoms with Crippen LogP contribution in [0.4, 0.5) is 10.1 Å². The van der Waals surface area contributed by atoms with Gasteiger partial charge in [0.05, 0.1) is 0 Å². The van der Waals surface area contributed by atoms with Gasteiger partial charge in [0, 0.05) is 30.6 Å². The van der Waals surface area contributed by atoms with E-state index in [0.29, 0.717) is 36.3 Å². The van der Waals surface area contributed by atoms with Gasteiger partial charge in [-0.3, -0.25) is 4.79 Å². The number of Topliss-reactive ketones (excluding diaryl/α,β-unsaturated/α-hetero) is 1. The number of aryl methyl sites for hydroxylation is 1. The molecular formula is C15H18FNO. The predicted molar refractivity (Wildman–Crippen MR) is 69.3 cm³/mol. The average molecular weight is 247 g/mol. The molecule has 0 aliphatic carbocycles. The maximum absolute atomic E-state index is 13.3. The molecule has 0 saturated carbocycles. The minimum atomic E-state index is -0.156. The van der Waals surface area contributed by atoms with E-state index >= 15 is 0 Å². The third-order valence-electron chi connectivity index (χ3n) is 4.23. The van der Waals surface area contributed by atoms with Crippen LogP contribution in [0, 0.1) is 12.7 Å². The summed E-state index contributed by atoms with van der Waals surface area (Å²) in [5.74, 6) is 0.233. The summed E-state index contributed by atoms with van der Waals surface area (Å²) in [6.07, 6.45) is 4.69. The third-order valence-corrected chi connectivity index (χ3v) is 4.23. The molecule has 2 heterocycles. The number of ketones is 1. The normalized spacial score (nSPS) is 27.4. The topological polar surface area (TPSA) is 20.3 Å². The fourth-order valence-corrected chi connectivity index (χ4v) is 3.39. The summed E-state index contributed by atoms with van der Waals surface area (Å²) in [4.78, 5) is 14.0. The standard InChI is InChI=1S/C15H18FNO/c1-10-7-13(5-6-15(10)16)17-11-3-2-4-12(17)9-14(18)8-11/h5-7,11-12H,2-4,8-9H2,1H3. The molecule has 3 rings (SSSR count). The van der Waals surface area contributed by atoms with Gasteiger partial charge in [-0.25, -0.2) is 4.39 Å². The first-order valence-electron chi connectivity index (χ1n) is 6.71. The van der Waals surface area contributed by atoms with E-state index in [1.54, 1.807) is 6.92 Å². The van der Waals surface area contributed by atoms with Crippen molar-refractivity contribution < 1.29 is 9.18 Å². The Morgan fingerprint density at radius 3 is 2.50 bits per heavy atom. The van der Waals surface area contributed by atoms with Crippen LogP contribution in [0.3, 0.4) is 0 Å². The van der Waals surface area contributed by atoms with Gasteiger partial charge in [0.15, 0.2) is 0 Å². The molecular weight excluding hydrogens is 229 g/mol. The summed E-state index contributed by atoms with van der Waals surface area (Å²) in [5, 5.41) is 0. The van der Waals surface area contributed by atoms with Crippen molar-refractivity contribution in [3.05, 3.63) is 29.6 Å². The Kier molecular flexibility index (Phi) is 2.84. The minimum Gasteiger partial charge on any atom is -0.365 e. The molecule has 2 aliphatic rings. The van der Waals surface area contributed by atoms with Gasteiger partial charge in [0.25, 0.3) is 0 Å². The van der Waals surface area contributed by atoms with E-state index in [0.717, 1.165) is 18.5 Å². The number of fused-ring (bicyclic) bond motifs is 2. The van der Waals surface area contributed by atoms with Crippen molar-refractivity contribution in [3.8, 4) is 0 Å². The zero-order valence-electron chi connectivity index (χ0n) is 10.7. The lowest BCUT2D eigenvalue weighted by molar-refractivity contribution is -0.121. The van der Waals surface area contributed by atoms with Crippen LogP contribution in [0.1, 0.15) is 37.7 Å². The van der Waals surface area contributed by atoms with Crippen LogP contribution in [0.2, 0.25) is 0 Å². The summed E-state index contributed by atoms with van der Waals surface area (Å²) in [5.41, 5.74) is 1.76. The van der Waals surface area contributed by atoms with E-state index in [1.807, 2.05) is 12.1 Å². The van der Waals surface area contributed by atoms with Gasteiger partial charge in [-0.1, -0.05) is 0 Å². The molecule has 2 unspecified atom stereocenters. The molecule has 2 bridgehead atoms. The largest absolute Gasteiger partial charge is 0.365 e. The molecule has 18 heavy (non-hydrogen) atoms. The van der Waals surface area contributed by atoms with Crippen molar-refractivity contribution in [2.24, 2.45) is 0 Å². The zero-order valence-corrected chi connectivity index (χ0v) is 10.7. The Balaban J connectivity index is 1.95. The first-order chi connectivity index (χ1) is 8.65. The van der Waals surface area contributed by atoms with E-state index < -0.39 is 0 Å². The van der Waals surface area contributed by atoms with Crippen LogP contribution < -0.4 is 4.90 Å². The van der Waals surface area contributed by atoms with E-state index in [4.69, 9.17) is 0 Å². The first kappa shape index (κ1) is 11.7. The number of nitrogens with zero attached hydrogens (tertiary/aromatic N) is 1. The average Bonchev–Trinajstić information content (AvgIpc) is 2.32. The number of anilines is 1. The summed E-state index contributed by atoms with van der Waals surface area (Å²) in [7, 11) is 0. The van der Waals surface area contributed by atoms with Crippen LogP contribution in [-0.2, 0) is 4.79 Å². The number of piperidine rings is 2. The molecule has 3 heteroatoms. The Morgan fingerprint density at radius 2 is 1.89 bits per heavy atom. The smallest absolute Gasteiger partial charge is 0.137 e. The quantitative estimate of drug-likeness (QED) is 0.759. The molecule has 0 amide bonds. The molecule has 1 aromatic carbocycles. The molecule has 1 aromatic rings. The Bertz CT molecular complexity index is 469. The van der Waals surface area contributed by atoms with Gasteiger partial charge in [-0.05, 0) is 49.9 Å². The highest BCUT2D eigenvalue weighted by atomic mass is 19.1. The minimum absolute atomic E-state index is 0.156. The second-order valence-electron chi connectivity index (χ2n) is 5.53. The van der Waals surface area contributed by atoms with Crippen molar-refractivity contribution in [2.45, 2.75) is 51.1 Å². The number of carbonyl (C=O) groups excluding carboxylic acids is 1. The van der Waals surface area contributed by atoms with E-state index in [9.17, 15) is 9.18 Å². The molecule has 2 saturated heterocycles. The lowest BCUT2D eigenvalue weighted by atomic mass is 9.83. The molecule has 2 aliphatic heterocycles.